The molecule has 4 nitrogen and oxygen atoms in total. The van der Waals surface area contributed by atoms with Crippen LogP contribution in [0.5, 0.6) is 0 Å². The first kappa shape index (κ1) is 18.6. The van der Waals surface area contributed by atoms with E-state index in [4.69, 9.17) is 0 Å². The zero-order valence-electron chi connectivity index (χ0n) is 14.5. The average Bonchev–Trinajstić information content (AvgIpc) is 2.61. The van der Waals surface area contributed by atoms with Crippen molar-refractivity contribution in [3.63, 3.8) is 0 Å². The molecule has 0 saturated carbocycles. The van der Waals surface area contributed by atoms with E-state index in [0.29, 0.717) is 17.7 Å². The molecule has 2 rings (SSSR count). The number of hydrogen-bond donors (Lipinski definition) is 2. The SMILES string of the molecule is CCC(C)NC(=O)c1ccccc1NC(=O)CCc1ccc(F)cc1. The van der Waals surface area contributed by atoms with Crippen molar-refractivity contribution in [3.8, 4) is 0 Å². The lowest BCUT2D eigenvalue weighted by molar-refractivity contribution is -0.116. The van der Waals surface area contributed by atoms with Gasteiger partial charge >= 0.3 is 0 Å². The number of hydrogen-bond acceptors (Lipinski definition) is 2. The summed E-state index contributed by atoms with van der Waals surface area (Å²) in [6.07, 6.45) is 1.60. The largest absolute Gasteiger partial charge is 0.350 e. The van der Waals surface area contributed by atoms with Crippen molar-refractivity contribution >= 4 is 17.5 Å². The normalized spacial score (nSPS) is 11.6. The van der Waals surface area contributed by atoms with Gasteiger partial charge in [0.15, 0.2) is 0 Å². The Labute approximate surface area is 147 Å². The molecule has 0 aromatic heterocycles. The number of anilines is 1. The Morgan fingerprint density at radius 2 is 1.76 bits per heavy atom. The summed E-state index contributed by atoms with van der Waals surface area (Å²) >= 11 is 0. The molecule has 0 aliphatic rings. The fourth-order valence-electron chi connectivity index (χ4n) is 2.32. The smallest absolute Gasteiger partial charge is 0.253 e. The van der Waals surface area contributed by atoms with Crippen molar-refractivity contribution in [2.24, 2.45) is 0 Å². The number of carbonyl (C=O) groups is 2. The highest BCUT2D eigenvalue weighted by Gasteiger charge is 2.14. The molecule has 0 saturated heterocycles. The summed E-state index contributed by atoms with van der Waals surface area (Å²) in [4.78, 5) is 24.5. The molecule has 1 unspecified atom stereocenters. The van der Waals surface area contributed by atoms with Crippen molar-refractivity contribution in [2.75, 3.05) is 5.32 Å². The number of amides is 2. The lowest BCUT2D eigenvalue weighted by Gasteiger charge is -2.14. The molecule has 2 aromatic carbocycles. The predicted molar refractivity (Wildman–Crippen MR) is 97.0 cm³/mol. The van der Waals surface area contributed by atoms with Crippen LogP contribution in [0, 0.1) is 5.82 Å². The summed E-state index contributed by atoms with van der Waals surface area (Å²) in [5.74, 6) is -0.689. The van der Waals surface area contributed by atoms with Crippen LogP contribution in [0.2, 0.25) is 0 Å². The second kappa shape index (κ2) is 8.97. The van der Waals surface area contributed by atoms with Crippen LogP contribution in [-0.2, 0) is 11.2 Å². The van der Waals surface area contributed by atoms with Crippen LogP contribution in [0.3, 0.4) is 0 Å². The average molecular weight is 342 g/mol. The zero-order chi connectivity index (χ0) is 18.2. The molecule has 0 fully saturated rings. The second-order valence-corrected chi connectivity index (χ2v) is 6.00. The number of para-hydroxylation sites is 1. The number of rotatable bonds is 7. The maximum Gasteiger partial charge on any atom is 0.253 e. The minimum Gasteiger partial charge on any atom is -0.350 e. The van der Waals surface area contributed by atoms with Crippen molar-refractivity contribution in [3.05, 3.63) is 65.5 Å². The number of halogens is 1. The van der Waals surface area contributed by atoms with Gasteiger partial charge in [0.1, 0.15) is 5.82 Å². The van der Waals surface area contributed by atoms with Crippen LogP contribution >= 0.6 is 0 Å². The van der Waals surface area contributed by atoms with Gasteiger partial charge in [-0.05, 0) is 49.6 Å². The maximum absolute atomic E-state index is 12.9. The van der Waals surface area contributed by atoms with E-state index in [9.17, 15) is 14.0 Å². The van der Waals surface area contributed by atoms with E-state index in [-0.39, 0.29) is 30.1 Å². The number of nitrogens with one attached hydrogen (secondary N) is 2. The Morgan fingerprint density at radius 1 is 1.08 bits per heavy atom. The summed E-state index contributed by atoms with van der Waals surface area (Å²) < 4.78 is 12.9. The van der Waals surface area contributed by atoms with Gasteiger partial charge in [-0.15, -0.1) is 0 Å². The van der Waals surface area contributed by atoms with Crippen LogP contribution < -0.4 is 10.6 Å². The molecule has 0 bridgehead atoms. The van der Waals surface area contributed by atoms with Gasteiger partial charge in [0.25, 0.3) is 5.91 Å². The molecule has 2 amide bonds. The molecule has 0 radical (unpaired) electrons. The summed E-state index contributed by atoms with van der Waals surface area (Å²) in [5, 5.41) is 5.69. The molecule has 0 spiro atoms. The molecule has 2 aromatic rings. The Balaban J connectivity index is 1.98. The van der Waals surface area contributed by atoms with Crippen LogP contribution in [0.4, 0.5) is 10.1 Å². The molecule has 5 heteroatoms. The van der Waals surface area contributed by atoms with Crippen molar-refractivity contribution < 1.29 is 14.0 Å². The Bertz CT molecular complexity index is 729. The molecule has 132 valence electrons. The van der Waals surface area contributed by atoms with E-state index in [0.717, 1.165) is 12.0 Å². The van der Waals surface area contributed by atoms with Crippen LogP contribution in [-0.4, -0.2) is 17.9 Å². The summed E-state index contributed by atoms with van der Waals surface area (Å²) in [6, 6.07) is 13.1. The first-order chi connectivity index (χ1) is 12.0. The van der Waals surface area contributed by atoms with E-state index in [1.807, 2.05) is 13.8 Å². The highest BCUT2D eigenvalue weighted by atomic mass is 19.1. The number of aryl methyl sites for hydroxylation is 1. The first-order valence-corrected chi connectivity index (χ1v) is 8.43. The monoisotopic (exact) mass is 342 g/mol. The second-order valence-electron chi connectivity index (χ2n) is 6.00. The van der Waals surface area contributed by atoms with Gasteiger partial charge in [0, 0.05) is 12.5 Å². The number of benzene rings is 2. The van der Waals surface area contributed by atoms with Gasteiger partial charge < -0.3 is 10.6 Å². The Hall–Kier alpha value is -2.69. The molecule has 0 heterocycles. The molecule has 25 heavy (non-hydrogen) atoms. The van der Waals surface area contributed by atoms with Crippen molar-refractivity contribution in [1.29, 1.82) is 0 Å². The topological polar surface area (TPSA) is 58.2 Å². The van der Waals surface area contributed by atoms with E-state index >= 15 is 0 Å². The first-order valence-electron chi connectivity index (χ1n) is 8.43. The third-order valence-electron chi connectivity index (χ3n) is 3.99. The van der Waals surface area contributed by atoms with E-state index < -0.39 is 0 Å². The molecule has 0 aliphatic carbocycles. The molecule has 1 atom stereocenters. The highest BCUT2D eigenvalue weighted by Crippen LogP contribution is 2.16. The lowest BCUT2D eigenvalue weighted by atomic mass is 10.1. The molecular formula is C20H23FN2O2. The van der Waals surface area contributed by atoms with Crippen LogP contribution in [0.1, 0.15) is 42.6 Å². The van der Waals surface area contributed by atoms with Gasteiger partial charge in [-0.25, -0.2) is 4.39 Å². The maximum atomic E-state index is 12.9. The number of carbonyl (C=O) groups excluding carboxylic acids is 2. The Kier molecular flexibility index (Phi) is 6.69. The van der Waals surface area contributed by atoms with E-state index in [1.165, 1.54) is 12.1 Å². The van der Waals surface area contributed by atoms with Gasteiger partial charge in [-0.1, -0.05) is 31.2 Å². The Morgan fingerprint density at radius 3 is 2.44 bits per heavy atom. The van der Waals surface area contributed by atoms with Crippen molar-refractivity contribution in [1.82, 2.24) is 5.32 Å². The quantitative estimate of drug-likeness (QED) is 0.801. The fraction of sp³-hybridized carbons (Fsp3) is 0.300. The summed E-state index contributed by atoms with van der Waals surface area (Å²) in [6.45, 7) is 3.93. The standard InChI is InChI=1S/C20H23FN2O2/c1-3-14(2)22-20(25)17-6-4-5-7-18(17)23-19(24)13-10-15-8-11-16(21)12-9-15/h4-9,11-12,14H,3,10,13H2,1-2H3,(H,22,25)(H,23,24). The molecule has 0 aliphatic heterocycles. The van der Waals surface area contributed by atoms with Crippen LogP contribution in [0.25, 0.3) is 0 Å². The fourth-order valence-corrected chi connectivity index (χ4v) is 2.32. The third-order valence-corrected chi connectivity index (χ3v) is 3.99. The van der Waals surface area contributed by atoms with Gasteiger partial charge in [0.2, 0.25) is 5.91 Å². The summed E-state index contributed by atoms with van der Waals surface area (Å²) in [5.41, 5.74) is 1.82. The minimum atomic E-state index is -0.297. The lowest BCUT2D eigenvalue weighted by Crippen LogP contribution is -2.32. The zero-order valence-corrected chi connectivity index (χ0v) is 14.5. The van der Waals surface area contributed by atoms with Gasteiger partial charge in [0.05, 0.1) is 11.3 Å². The minimum absolute atomic E-state index is 0.0646. The molecular weight excluding hydrogens is 319 g/mol. The predicted octanol–water partition coefficient (Wildman–Crippen LogP) is 3.93. The molecule has 2 N–H and O–H groups in total. The van der Waals surface area contributed by atoms with Gasteiger partial charge in [-0.3, -0.25) is 9.59 Å². The third kappa shape index (κ3) is 5.71. The highest BCUT2D eigenvalue weighted by molar-refractivity contribution is 6.03. The van der Waals surface area contributed by atoms with Gasteiger partial charge in [-0.2, -0.15) is 0 Å². The van der Waals surface area contributed by atoms with Crippen molar-refractivity contribution in [2.45, 2.75) is 39.2 Å². The van der Waals surface area contributed by atoms with E-state index in [2.05, 4.69) is 10.6 Å². The van der Waals surface area contributed by atoms with Crippen LogP contribution in [0.15, 0.2) is 48.5 Å². The van der Waals surface area contributed by atoms with E-state index in [1.54, 1.807) is 36.4 Å². The summed E-state index contributed by atoms with van der Waals surface area (Å²) in [7, 11) is 0.